The van der Waals surface area contributed by atoms with Gasteiger partial charge in [0, 0.05) is 10.9 Å². The van der Waals surface area contributed by atoms with E-state index in [2.05, 4.69) is 15.9 Å². The highest BCUT2D eigenvalue weighted by atomic mass is 79.9. The molecule has 0 aliphatic carbocycles. The number of hydrogen-bond donors (Lipinski definition) is 0. The first kappa shape index (κ1) is 14.1. The molecule has 0 atom stereocenters. The molecule has 0 heterocycles. The Morgan fingerprint density at radius 3 is 2.65 bits per heavy atom. The number of rotatable bonds is 5. The Hall–Kier alpha value is -0.970. The van der Waals surface area contributed by atoms with Crippen molar-refractivity contribution in [2.45, 2.75) is 26.2 Å². The fraction of sp³-hybridized carbons (Fsp3) is 0.417. The maximum atomic E-state index is 13.0. The summed E-state index contributed by atoms with van der Waals surface area (Å²) in [6.07, 6.45) is 1.32. The first-order valence-corrected chi connectivity index (χ1v) is 6.13. The summed E-state index contributed by atoms with van der Waals surface area (Å²) in [4.78, 5) is 11.1. The van der Waals surface area contributed by atoms with Crippen LogP contribution in [0.15, 0.2) is 16.6 Å². The molecule has 0 radical (unpaired) electrons. The maximum absolute atomic E-state index is 13.0. The van der Waals surface area contributed by atoms with Crippen LogP contribution in [0.25, 0.3) is 0 Å². The van der Waals surface area contributed by atoms with Crippen molar-refractivity contribution in [3.8, 4) is 0 Å². The zero-order chi connectivity index (χ0) is 12.8. The van der Waals surface area contributed by atoms with Crippen LogP contribution in [0.1, 0.15) is 25.3 Å². The largest absolute Gasteiger partial charge is 0.466 e. The lowest BCUT2D eigenvalue weighted by Crippen LogP contribution is -2.04. The van der Waals surface area contributed by atoms with Gasteiger partial charge in [0.1, 0.15) is 0 Å². The summed E-state index contributed by atoms with van der Waals surface area (Å²) in [6.45, 7) is 2.09. The lowest BCUT2D eigenvalue weighted by atomic mass is 10.1. The average molecular weight is 307 g/mol. The third-order valence-electron chi connectivity index (χ3n) is 2.22. The van der Waals surface area contributed by atoms with Crippen LogP contribution in [0.5, 0.6) is 0 Å². The standard InChI is InChI=1S/C12H13BrF2O2/c1-2-17-12(16)5-3-4-8-6-10(14)11(15)7-9(8)13/h6-7H,2-5H2,1H3. The van der Waals surface area contributed by atoms with Crippen molar-refractivity contribution < 1.29 is 18.3 Å². The van der Waals surface area contributed by atoms with E-state index in [1.165, 1.54) is 0 Å². The summed E-state index contributed by atoms with van der Waals surface area (Å²) in [6, 6.07) is 2.24. The lowest BCUT2D eigenvalue weighted by Gasteiger charge is -2.05. The van der Waals surface area contributed by atoms with Gasteiger partial charge in [-0.25, -0.2) is 8.78 Å². The molecule has 0 unspecified atom stereocenters. The van der Waals surface area contributed by atoms with Crippen LogP contribution in [0.3, 0.4) is 0 Å². The minimum absolute atomic E-state index is 0.272. The summed E-state index contributed by atoms with van der Waals surface area (Å²) in [7, 11) is 0. The van der Waals surface area contributed by atoms with Gasteiger partial charge in [0.05, 0.1) is 6.61 Å². The van der Waals surface area contributed by atoms with Crippen LogP contribution in [-0.4, -0.2) is 12.6 Å². The average Bonchev–Trinajstić information content (AvgIpc) is 2.26. The molecule has 0 aliphatic heterocycles. The topological polar surface area (TPSA) is 26.3 Å². The number of hydrogen-bond acceptors (Lipinski definition) is 2. The van der Waals surface area contributed by atoms with Gasteiger partial charge in [0.2, 0.25) is 0 Å². The van der Waals surface area contributed by atoms with Crippen LogP contribution < -0.4 is 0 Å². The van der Waals surface area contributed by atoms with Crippen LogP contribution in [-0.2, 0) is 16.0 Å². The van der Waals surface area contributed by atoms with E-state index < -0.39 is 11.6 Å². The molecule has 0 aliphatic rings. The first-order valence-electron chi connectivity index (χ1n) is 5.33. The van der Waals surface area contributed by atoms with E-state index in [-0.39, 0.29) is 12.4 Å². The minimum Gasteiger partial charge on any atom is -0.466 e. The molecule has 0 aromatic heterocycles. The van der Waals surface area contributed by atoms with Crippen molar-refractivity contribution in [1.29, 1.82) is 0 Å². The van der Waals surface area contributed by atoms with E-state index in [0.717, 1.165) is 12.1 Å². The monoisotopic (exact) mass is 306 g/mol. The summed E-state index contributed by atoms with van der Waals surface area (Å²) in [5, 5.41) is 0. The normalized spacial score (nSPS) is 10.4. The van der Waals surface area contributed by atoms with Crippen molar-refractivity contribution in [3.63, 3.8) is 0 Å². The van der Waals surface area contributed by atoms with Crippen LogP contribution in [0, 0.1) is 11.6 Å². The van der Waals surface area contributed by atoms with E-state index in [0.29, 0.717) is 29.5 Å². The van der Waals surface area contributed by atoms with Gasteiger partial charge in [-0.3, -0.25) is 4.79 Å². The zero-order valence-corrected chi connectivity index (χ0v) is 11.0. The molecule has 1 rings (SSSR count). The Kier molecular flexibility index (Phi) is 5.55. The molecule has 0 spiro atoms. The summed E-state index contributed by atoms with van der Waals surface area (Å²) in [5.41, 5.74) is 0.646. The Morgan fingerprint density at radius 1 is 1.35 bits per heavy atom. The number of aryl methyl sites for hydroxylation is 1. The van der Waals surface area contributed by atoms with Crippen molar-refractivity contribution >= 4 is 21.9 Å². The van der Waals surface area contributed by atoms with Crippen LogP contribution in [0.2, 0.25) is 0 Å². The summed E-state index contributed by atoms with van der Waals surface area (Å²) in [5.74, 6) is -2.03. The second-order valence-corrected chi connectivity index (χ2v) is 4.37. The number of carbonyl (C=O) groups is 1. The SMILES string of the molecule is CCOC(=O)CCCc1cc(F)c(F)cc1Br. The Balaban J connectivity index is 2.52. The number of halogens is 3. The Morgan fingerprint density at radius 2 is 2.00 bits per heavy atom. The number of carbonyl (C=O) groups excluding carboxylic acids is 1. The summed E-state index contributed by atoms with van der Waals surface area (Å²) < 4.78 is 31.1. The first-order chi connectivity index (χ1) is 8.04. The molecule has 0 saturated carbocycles. The molecule has 0 fully saturated rings. The molecule has 0 N–H and O–H groups in total. The molecule has 0 bridgehead atoms. The third-order valence-corrected chi connectivity index (χ3v) is 2.96. The van der Waals surface area contributed by atoms with Crippen molar-refractivity contribution in [2.75, 3.05) is 6.61 Å². The van der Waals surface area contributed by atoms with Gasteiger partial charge in [0.25, 0.3) is 0 Å². The summed E-state index contributed by atoms with van der Waals surface area (Å²) >= 11 is 3.16. The minimum atomic E-state index is -0.883. The predicted molar refractivity (Wildman–Crippen MR) is 63.6 cm³/mol. The molecule has 0 saturated heterocycles. The van der Waals surface area contributed by atoms with E-state index in [4.69, 9.17) is 4.74 Å². The van der Waals surface area contributed by atoms with Gasteiger partial charge in [-0.15, -0.1) is 0 Å². The second kappa shape index (κ2) is 6.69. The second-order valence-electron chi connectivity index (χ2n) is 3.52. The molecular weight excluding hydrogens is 294 g/mol. The fourth-order valence-electron chi connectivity index (χ4n) is 1.41. The Bertz CT molecular complexity index is 408. The highest BCUT2D eigenvalue weighted by Gasteiger charge is 2.09. The quantitative estimate of drug-likeness (QED) is 0.613. The predicted octanol–water partition coefficient (Wildman–Crippen LogP) is 3.61. The molecule has 5 heteroatoms. The molecule has 17 heavy (non-hydrogen) atoms. The van der Waals surface area contributed by atoms with Crippen molar-refractivity contribution in [3.05, 3.63) is 33.8 Å². The zero-order valence-electron chi connectivity index (χ0n) is 9.43. The molecule has 94 valence electrons. The van der Waals surface area contributed by atoms with Crippen molar-refractivity contribution in [1.82, 2.24) is 0 Å². The maximum Gasteiger partial charge on any atom is 0.305 e. The highest BCUT2D eigenvalue weighted by Crippen LogP contribution is 2.22. The molecule has 1 aromatic carbocycles. The van der Waals surface area contributed by atoms with Gasteiger partial charge in [-0.2, -0.15) is 0 Å². The van der Waals surface area contributed by atoms with Gasteiger partial charge in [-0.05, 0) is 37.5 Å². The van der Waals surface area contributed by atoms with E-state index in [1.807, 2.05) is 0 Å². The third kappa shape index (κ3) is 4.42. The van der Waals surface area contributed by atoms with Crippen LogP contribution in [0.4, 0.5) is 8.78 Å². The van der Waals surface area contributed by atoms with E-state index >= 15 is 0 Å². The number of esters is 1. The van der Waals surface area contributed by atoms with E-state index in [9.17, 15) is 13.6 Å². The molecule has 2 nitrogen and oxygen atoms in total. The number of ether oxygens (including phenoxy) is 1. The lowest BCUT2D eigenvalue weighted by molar-refractivity contribution is -0.143. The van der Waals surface area contributed by atoms with Crippen LogP contribution >= 0.6 is 15.9 Å². The van der Waals surface area contributed by atoms with E-state index in [1.54, 1.807) is 6.92 Å². The van der Waals surface area contributed by atoms with Crippen molar-refractivity contribution in [2.24, 2.45) is 0 Å². The van der Waals surface area contributed by atoms with Gasteiger partial charge in [0.15, 0.2) is 11.6 Å². The van der Waals surface area contributed by atoms with Gasteiger partial charge >= 0.3 is 5.97 Å². The fourth-order valence-corrected chi connectivity index (χ4v) is 1.93. The molecular formula is C12H13BrF2O2. The highest BCUT2D eigenvalue weighted by molar-refractivity contribution is 9.10. The Labute approximate surface area is 107 Å². The number of benzene rings is 1. The molecule has 0 amide bonds. The van der Waals surface area contributed by atoms with Gasteiger partial charge < -0.3 is 4.74 Å². The smallest absolute Gasteiger partial charge is 0.305 e. The van der Waals surface area contributed by atoms with Gasteiger partial charge in [-0.1, -0.05) is 15.9 Å². The molecule has 1 aromatic rings.